The molecule has 1 aliphatic heterocycles. The number of carbonyl (C=O) groups excluding carboxylic acids is 1. The zero-order valence-electron chi connectivity index (χ0n) is 17.2. The first-order valence-electron chi connectivity index (χ1n) is 10.7. The van der Waals surface area contributed by atoms with E-state index in [1.54, 1.807) is 0 Å². The van der Waals surface area contributed by atoms with Gasteiger partial charge >= 0.3 is 0 Å². The fourth-order valence-electron chi connectivity index (χ4n) is 4.18. The lowest BCUT2D eigenvalue weighted by atomic mass is 10.1. The van der Waals surface area contributed by atoms with Crippen LogP contribution in [0.15, 0.2) is 85.1 Å². The summed E-state index contributed by atoms with van der Waals surface area (Å²) in [6.07, 6.45) is 3.43. The molecule has 156 valence electrons. The van der Waals surface area contributed by atoms with Gasteiger partial charge in [0.15, 0.2) is 0 Å². The Bertz CT molecular complexity index is 1190. The molecule has 1 aliphatic rings. The number of benzene rings is 3. The van der Waals surface area contributed by atoms with E-state index in [0.29, 0.717) is 5.56 Å². The molecule has 5 nitrogen and oxygen atoms in total. The van der Waals surface area contributed by atoms with Gasteiger partial charge in [0, 0.05) is 47.3 Å². The molecule has 1 aromatic heterocycles. The molecule has 31 heavy (non-hydrogen) atoms. The maximum Gasteiger partial charge on any atom is 0.255 e. The van der Waals surface area contributed by atoms with Crippen LogP contribution in [-0.4, -0.2) is 34.8 Å². The van der Waals surface area contributed by atoms with Crippen molar-refractivity contribution in [2.45, 2.75) is 18.9 Å². The van der Waals surface area contributed by atoms with E-state index in [9.17, 15) is 9.90 Å². The third-order valence-electron chi connectivity index (χ3n) is 5.94. The molecule has 0 radical (unpaired) electrons. The number of aliphatic hydroxyl groups excluding tert-OH is 1. The molecule has 0 bridgehead atoms. The SMILES string of the molecule is O=C(Nc1ccc2c(ccn2-c2ccccc2)c1)c1ccc(N2CCC(O)CC2)cc1. The number of hydrogen-bond acceptors (Lipinski definition) is 3. The van der Waals surface area contributed by atoms with Gasteiger partial charge in [0.1, 0.15) is 0 Å². The van der Waals surface area contributed by atoms with Gasteiger partial charge in [0.25, 0.3) is 5.91 Å². The van der Waals surface area contributed by atoms with Gasteiger partial charge in [-0.05, 0) is 73.5 Å². The van der Waals surface area contributed by atoms with Crippen LogP contribution in [0.2, 0.25) is 0 Å². The zero-order valence-corrected chi connectivity index (χ0v) is 17.2. The van der Waals surface area contributed by atoms with Gasteiger partial charge in [-0.15, -0.1) is 0 Å². The van der Waals surface area contributed by atoms with Gasteiger partial charge in [-0.3, -0.25) is 4.79 Å². The van der Waals surface area contributed by atoms with E-state index >= 15 is 0 Å². The number of carbonyl (C=O) groups is 1. The second kappa shape index (κ2) is 8.28. The van der Waals surface area contributed by atoms with Crippen molar-refractivity contribution in [3.05, 3.63) is 90.6 Å². The van der Waals surface area contributed by atoms with Crippen LogP contribution in [0.3, 0.4) is 0 Å². The first-order chi connectivity index (χ1) is 15.2. The molecule has 1 fully saturated rings. The Hall–Kier alpha value is -3.57. The van der Waals surface area contributed by atoms with Crippen molar-refractivity contribution in [2.24, 2.45) is 0 Å². The van der Waals surface area contributed by atoms with Crippen molar-refractivity contribution in [2.75, 3.05) is 23.3 Å². The lowest BCUT2D eigenvalue weighted by Crippen LogP contribution is -2.35. The van der Waals surface area contributed by atoms with E-state index in [1.165, 1.54) is 0 Å². The van der Waals surface area contributed by atoms with Crippen molar-refractivity contribution in [3.63, 3.8) is 0 Å². The Kier molecular flexibility index (Phi) is 5.18. The number of rotatable bonds is 4. The molecular formula is C26H25N3O2. The van der Waals surface area contributed by atoms with E-state index in [0.717, 1.165) is 53.9 Å². The molecule has 0 spiro atoms. The average molecular weight is 412 g/mol. The molecule has 0 atom stereocenters. The number of fused-ring (bicyclic) bond motifs is 1. The van der Waals surface area contributed by atoms with E-state index in [2.05, 4.69) is 33.0 Å². The minimum Gasteiger partial charge on any atom is -0.393 e. The quantitative estimate of drug-likeness (QED) is 0.505. The second-order valence-electron chi connectivity index (χ2n) is 8.01. The number of amides is 1. The third-order valence-corrected chi connectivity index (χ3v) is 5.94. The molecule has 0 saturated carbocycles. The predicted octanol–water partition coefficient (Wildman–Crippen LogP) is 4.84. The number of aromatic nitrogens is 1. The maximum atomic E-state index is 12.7. The normalized spacial score (nSPS) is 14.7. The molecular weight excluding hydrogens is 386 g/mol. The molecule has 4 aromatic rings. The summed E-state index contributed by atoms with van der Waals surface area (Å²) in [4.78, 5) is 15.0. The first kappa shape index (κ1) is 19.4. The Balaban J connectivity index is 1.30. The van der Waals surface area contributed by atoms with Crippen LogP contribution in [0.25, 0.3) is 16.6 Å². The largest absolute Gasteiger partial charge is 0.393 e. The van der Waals surface area contributed by atoms with E-state index in [1.807, 2.05) is 66.9 Å². The summed E-state index contributed by atoms with van der Waals surface area (Å²) in [5.74, 6) is -0.123. The molecule has 5 rings (SSSR count). The topological polar surface area (TPSA) is 57.5 Å². The maximum absolute atomic E-state index is 12.7. The second-order valence-corrected chi connectivity index (χ2v) is 8.01. The fourth-order valence-corrected chi connectivity index (χ4v) is 4.18. The molecule has 2 heterocycles. The summed E-state index contributed by atoms with van der Waals surface area (Å²) in [5, 5.41) is 13.8. The van der Waals surface area contributed by atoms with Crippen LogP contribution >= 0.6 is 0 Å². The monoisotopic (exact) mass is 411 g/mol. The van der Waals surface area contributed by atoms with Gasteiger partial charge in [-0.1, -0.05) is 18.2 Å². The number of para-hydroxylation sites is 1. The molecule has 5 heteroatoms. The Morgan fingerprint density at radius 3 is 2.35 bits per heavy atom. The minimum absolute atomic E-state index is 0.123. The Morgan fingerprint density at radius 1 is 0.871 bits per heavy atom. The van der Waals surface area contributed by atoms with Crippen LogP contribution in [0.5, 0.6) is 0 Å². The molecule has 1 amide bonds. The molecule has 0 aliphatic carbocycles. The number of piperidine rings is 1. The van der Waals surface area contributed by atoms with Crippen LogP contribution in [-0.2, 0) is 0 Å². The summed E-state index contributed by atoms with van der Waals surface area (Å²) >= 11 is 0. The zero-order chi connectivity index (χ0) is 21.2. The molecule has 2 N–H and O–H groups in total. The third kappa shape index (κ3) is 4.05. The highest BCUT2D eigenvalue weighted by atomic mass is 16.3. The van der Waals surface area contributed by atoms with Crippen LogP contribution in [0.1, 0.15) is 23.2 Å². The molecule has 1 saturated heterocycles. The Labute approximate surface area is 181 Å². The van der Waals surface area contributed by atoms with Crippen molar-refractivity contribution in [1.29, 1.82) is 0 Å². The van der Waals surface area contributed by atoms with Gasteiger partial charge in [-0.25, -0.2) is 0 Å². The van der Waals surface area contributed by atoms with Gasteiger partial charge in [0.05, 0.1) is 11.6 Å². The summed E-state index contributed by atoms with van der Waals surface area (Å²) in [6.45, 7) is 1.69. The lowest BCUT2D eigenvalue weighted by molar-refractivity contribution is 0.102. The van der Waals surface area contributed by atoms with Gasteiger partial charge < -0.3 is 19.9 Å². The number of nitrogens with zero attached hydrogens (tertiary/aromatic N) is 2. The average Bonchev–Trinajstić information content (AvgIpc) is 3.23. The van der Waals surface area contributed by atoms with Gasteiger partial charge in [-0.2, -0.15) is 0 Å². The highest BCUT2D eigenvalue weighted by Gasteiger charge is 2.17. The number of aliphatic hydroxyl groups is 1. The van der Waals surface area contributed by atoms with Crippen molar-refractivity contribution < 1.29 is 9.90 Å². The summed E-state index contributed by atoms with van der Waals surface area (Å²) in [5.41, 5.74) is 4.70. The lowest BCUT2D eigenvalue weighted by Gasteiger charge is -2.31. The van der Waals surface area contributed by atoms with Crippen molar-refractivity contribution in [1.82, 2.24) is 4.57 Å². The highest BCUT2D eigenvalue weighted by Crippen LogP contribution is 2.25. The first-order valence-corrected chi connectivity index (χ1v) is 10.7. The predicted molar refractivity (Wildman–Crippen MR) is 125 cm³/mol. The smallest absolute Gasteiger partial charge is 0.255 e. The van der Waals surface area contributed by atoms with Crippen LogP contribution < -0.4 is 10.2 Å². The molecule has 0 unspecified atom stereocenters. The number of nitrogens with one attached hydrogen (secondary N) is 1. The highest BCUT2D eigenvalue weighted by molar-refractivity contribution is 6.05. The van der Waals surface area contributed by atoms with E-state index in [-0.39, 0.29) is 12.0 Å². The summed E-state index contributed by atoms with van der Waals surface area (Å²) in [6, 6.07) is 25.9. The van der Waals surface area contributed by atoms with E-state index in [4.69, 9.17) is 0 Å². The Morgan fingerprint density at radius 2 is 1.61 bits per heavy atom. The summed E-state index contributed by atoms with van der Waals surface area (Å²) in [7, 11) is 0. The number of anilines is 2. The van der Waals surface area contributed by atoms with Crippen molar-refractivity contribution >= 4 is 28.2 Å². The standard InChI is InChI=1S/C26H25N3O2/c30-24-13-15-28(16-14-24)22-9-6-19(7-10-22)26(31)27-21-8-11-25-20(18-21)12-17-29(25)23-4-2-1-3-5-23/h1-12,17-18,24,30H,13-16H2,(H,27,31). The minimum atomic E-state index is -0.191. The fraction of sp³-hybridized carbons (Fsp3) is 0.192. The van der Waals surface area contributed by atoms with Crippen LogP contribution in [0, 0.1) is 0 Å². The summed E-state index contributed by atoms with van der Waals surface area (Å²) < 4.78 is 2.14. The number of hydrogen-bond donors (Lipinski definition) is 2. The van der Waals surface area contributed by atoms with Crippen molar-refractivity contribution in [3.8, 4) is 5.69 Å². The molecule has 3 aromatic carbocycles. The van der Waals surface area contributed by atoms with Crippen LogP contribution in [0.4, 0.5) is 11.4 Å². The van der Waals surface area contributed by atoms with E-state index < -0.39 is 0 Å². The van der Waals surface area contributed by atoms with Gasteiger partial charge in [0.2, 0.25) is 0 Å².